The first kappa shape index (κ1) is 12.2. The SMILES string of the molecule is O=S(C1=CCC[C@@H]2CCCC[C@@H]12)c1ccccc1. The van der Waals surface area contributed by atoms with Gasteiger partial charge in [-0.15, -0.1) is 0 Å². The van der Waals surface area contributed by atoms with Crippen LogP contribution < -0.4 is 0 Å². The molecule has 96 valence electrons. The number of fused-ring (bicyclic) bond motifs is 1. The van der Waals surface area contributed by atoms with Gasteiger partial charge in [0.25, 0.3) is 0 Å². The maximum atomic E-state index is 12.7. The summed E-state index contributed by atoms with van der Waals surface area (Å²) in [7, 11) is -0.927. The van der Waals surface area contributed by atoms with Crippen LogP contribution in [0.1, 0.15) is 38.5 Å². The number of allylic oxidation sites excluding steroid dienone is 2. The second kappa shape index (κ2) is 5.40. The zero-order valence-electron chi connectivity index (χ0n) is 10.7. The molecule has 2 aliphatic carbocycles. The van der Waals surface area contributed by atoms with Gasteiger partial charge in [0.2, 0.25) is 0 Å². The fraction of sp³-hybridized carbons (Fsp3) is 0.500. The van der Waals surface area contributed by atoms with E-state index >= 15 is 0 Å². The topological polar surface area (TPSA) is 17.1 Å². The van der Waals surface area contributed by atoms with Crippen molar-refractivity contribution >= 4 is 10.8 Å². The van der Waals surface area contributed by atoms with E-state index in [9.17, 15) is 4.21 Å². The molecule has 0 radical (unpaired) electrons. The van der Waals surface area contributed by atoms with E-state index < -0.39 is 10.8 Å². The Morgan fingerprint density at radius 1 is 1.00 bits per heavy atom. The van der Waals surface area contributed by atoms with Gasteiger partial charge < -0.3 is 0 Å². The molecule has 0 spiro atoms. The normalized spacial score (nSPS) is 29.2. The molecule has 0 amide bonds. The van der Waals surface area contributed by atoms with Crippen LogP contribution in [0, 0.1) is 11.8 Å². The van der Waals surface area contributed by atoms with Crippen molar-refractivity contribution in [3.63, 3.8) is 0 Å². The molecule has 0 aromatic heterocycles. The van der Waals surface area contributed by atoms with Gasteiger partial charge in [-0.2, -0.15) is 0 Å². The lowest BCUT2D eigenvalue weighted by molar-refractivity contribution is 0.255. The molecule has 0 aliphatic heterocycles. The fourth-order valence-electron chi connectivity index (χ4n) is 3.41. The average molecular weight is 260 g/mol. The van der Waals surface area contributed by atoms with Crippen LogP contribution in [0.4, 0.5) is 0 Å². The van der Waals surface area contributed by atoms with Crippen molar-refractivity contribution in [3.05, 3.63) is 41.3 Å². The predicted octanol–water partition coefficient (Wildman–Crippen LogP) is 4.28. The van der Waals surface area contributed by atoms with E-state index in [1.807, 2.05) is 30.3 Å². The van der Waals surface area contributed by atoms with Gasteiger partial charge in [-0.3, -0.25) is 0 Å². The Morgan fingerprint density at radius 3 is 2.61 bits per heavy atom. The number of hydrogen-bond acceptors (Lipinski definition) is 1. The van der Waals surface area contributed by atoms with Crippen LogP contribution in [0.5, 0.6) is 0 Å². The van der Waals surface area contributed by atoms with Crippen LogP contribution in [-0.4, -0.2) is 4.21 Å². The molecule has 0 saturated heterocycles. The highest BCUT2D eigenvalue weighted by Gasteiger charge is 2.32. The summed E-state index contributed by atoms with van der Waals surface area (Å²) in [5, 5.41) is 0. The zero-order chi connectivity index (χ0) is 12.4. The lowest BCUT2D eigenvalue weighted by Gasteiger charge is -2.35. The van der Waals surface area contributed by atoms with Gasteiger partial charge in [0.1, 0.15) is 0 Å². The van der Waals surface area contributed by atoms with Crippen molar-refractivity contribution in [1.29, 1.82) is 0 Å². The minimum Gasteiger partial charge on any atom is -0.249 e. The van der Waals surface area contributed by atoms with Crippen LogP contribution in [0.3, 0.4) is 0 Å². The Kier molecular flexibility index (Phi) is 3.64. The lowest BCUT2D eigenvalue weighted by atomic mass is 9.74. The minimum absolute atomic E-state index is 0.591. The zero-order valence-corrected chi connectivity index (χ0v) is 11.5. The van der Waals surface area contributed by atoms with Gasteiger partial charge in [-0.25, -0.2) is 4.21 Å². The standard InChI is InChI=1S/C16H20OS/c17-18(14-9-2-1-3-10-14)16-12-6-8-13-7-4-5-11-15(13)16/h1-3,9-10,12-13,15H,4-8,11H2/t13-,15+,18?/m0/s1. The van der Waals surface area contributed by atoms with E-state index in [2.05, 4.69) is 6.08 Å². The Balaban J connectivity index is 1.87. The molecule has 1 fully saturated rings. The molecule has 0 N–H and O–H groups in total. The monoisotopic (exact) mass is 260 g/mol. The lowest BCUT2D eigenvalue weighted by Crippen LogP contribution is -2.26. The Labute approximate surface area is 112 Å². The minimum atomic E-state index is -0.927. The van der Waals surface area contributed by atoms with Gasteiger partial charge in [0.15, 0.2) is 0 Å². The van der Waals surface area contributed by atoms with Gasteiger partial charge in [-0.05, 0) is 49.7 Å². The van der Waals surface area contributed by atoms with Gasteiger partial charge in [0.05, 0.1) is 10.8 Å². The third-order valence-electron chi connectivity index (χ3n) is 4.33. The third kappa shape index (κ3) is 2.31. The first-order chi connectivity index (χ1) is 8.86. The quantitative estimate of drug-likeness (QED) is 0.775. The number of rotatable bonds is 2. The Hall–Kier alpha value is -0.890. The van der Waals surface area contributed by atoms with Crippen molar-refractivity contribution in [2.75, 3.05) is 0 Å². The second-order valence-electron chi connectivity index (χ2n) is 5.42. The first-order valence-electron chi connectivity index (χ1n) is 7.03. The van der Waals surface area contributed by atoms with Crippen LogP contribution in [0.15, 0.2) is 46.2 Å². The summed E-state index contributed by atoms with van der Waals surface area (Å²) in [4.78, 5) is 2.19. The molecule has 1 aromatic rings. The van der Waals surface area contributed by atoms with Crippen molar-refractivity contribution in [2.45, 2.75) is 43.4 Å². The van der Waals surface area contributed by atoms with Crippen molar-refractivity contribution in [1.82, 2.24) is 0 Å². The van der Waals surface area contributed by atoms with Crippen molar-refractivity contribution in [3.8, 4) is 0 Å². The third-order valence-corrected chi connectivity index (χ3v) is 5.93. The van der Waals surface area contributed by atoms with E-state index in [0.29, 0.717) is 5.92 Å². The van der Waals surface area contributed by atoms with Crippen LogP contribution in [0.25, 0.3) is 0 Å². The summed E-state index contributed by atoms with van der Waals surface area (Å²) in [6.45, 7) is 0. The maximum absolute atomic E-state index is 12.7. The molecule has 2 heteroatoms. The molecular weight excluding hydrogens is 240 g/mol. The van der Waals surface area contributed by atoms with E-state index in [1.165, 1.54) is 37.0 Å². The van der Waals surface area contributed by atoms with Gasteiger partial charge in [0, 0.05) is 9.80 Å². The molecule has 0 bridgehead atoms. The summed E-state index contributed by atoms with van der Waals surface area (Å²) in [5.74, 6) is 1.39. The molecule has 18 heavy (non-hydrogen) atoms. The predicted molar refractivity (Wildman–Crippen MR) is 75.6 cm³/mol. The molecule has 3 atom stereocenters. The smallest absolute Gasteiger partial charge is 0.0808 e. The molecule has 1 unspecified atom stereocenters. The fourth-order valence-corrected chi connectivity index (χ4v) is 4.94. The number of benzene rings is 1. The molecule has 1 saturated carbocycles. The highest BCUT2D eigenvalue weighted by Crippen LogP contribution is 2.43. The molecule has 3 rings (SSSR count). The van der Waals surface area contributed by atoms with Crippen molar-refractivity contribution in [2.24, 2.45) is 11.8 Å². The molecule has 1 nitrogen and oxygen atoms in total. The van der Waals surface area contributed by atoms with Crippen LogP contribution in [0.2, 0.25) is 0 Å². The Bertz CT molecular complexity index is 463. The second-order valence-corrected chi connectivity index (χ2v) is 6.90. The summed E-state index contributed by atoms with van der Waals surface area (Å²) in [6.07, 6.45) is 9.95. The number of hydrogen-bond donors (Lipinski definition) is 0. The average Bonchev–Trinajstić information content (AvgIpc) is 2.47. The van der Waals surface area contributed by atoms with Gasteiger partial charge >= 0.3 is 0 Å². The molecule has 0 heterocycles. The highest BCUT2D eigenvalue weighted by molar-refractivity contribution is 7.89. The summed E-state index contributed by atoms with van der Waals surface area (Å²) < 4.78 is 12.7. The maximum Gasteiger partial charge on any atom is 0.0808 e. The summed E-state index contributed by atoms with van der Waals surface area (Å²) in [5.41, 5.74) is 0. The van der Waals surface area contributed by atoms with E-state index in [4.69, 9.17) is 0 Å². The van der Waals surface area contributed by atoms with E-state index in [-0.39, 0.29) is 0 Å². The highest BCUT2D eigenvalue weighted by atomic mass is 32.2. The van der Waals surface area contributed by atoms with Crippen LogP contribution >= 0.6 is 0 Å². The molecule has 1 aromatic carbocycles. The first-order valence-corrected chi connectivity index (χ1v) is 8.18. The molecular formula is C16H20OS. The van der Waals surface area contributed by atoms with Crippen molar-refractivity contribution < 1.29 is 4.21 Å². The summed E-state index contributed by atoms with van der Waals surface area (Å²) >= 11 is 0. The van der Waals surface area contributed by atoms with E-state index in [0.717, 1.165) is 17.2 Å². The largest absolute Gasteiger partial charge is 0.249 e. The molecule has 2 aliphatic rings. The van der Waals surface area contributed by atoms with E-state index in [1.54, 1.807) is 0 Å². The van der Waals surface area contributed by atoms with Crippen LogP contribution in [-0.2, 0) is 10.8 Å². The van der Waals surface area contributed by atoms with Gasteiger partial charge in [-0.1, -0.05) is 37.1 Å². The summed E-state index contributed by atoms with van der Waals surface area (Å²) in [6, 6.07) is 9.93. The Morgan fingerprint density at radius 2 is 1.78 bits per heavy atom.